The maximum atomic E-state index is 11.6. The van der Waals surface area contributed by atoms with Gasteiger partial charge in [0, 0.05) is 23.2 Å². The van der Waals surface area contributed by atoms with Crippen molar-refractivity contribution in [3.63, 3.8) is 0 Å². The van der Waals surface area contributed by atoms with Crippen molar-refractivity contribution >= 4 is 34.2 Å². The maximum Gasteiger partial charge on any atom is 0.338 e. The summed E-state index contributed by atoms with van der Waals surface area (Å²) in [5.74, 6) is -0.314. The highest BCUT2D eigenvalue weighted by atomic mass is 35.5. The molecule has 0 saturated heterocycles. The van der Waals surface area contributed by atoms with Crippen LogP contribution < -0.4 is 5.32 Å². The van der Waals surface area contributed by atoms with Crippen LogP contribution in [0.1, 0.15) is 22.8 Å². The molecule has 4 nitrogen and oxygen atoms in total. The Balaban J connectivity index is 1.71. The number of esters is 1. The highest BCUT2D eigenvalue weighted by Crippen LogP contribution is 2.21. The molecule has 0 amide bonds. The first-order valence-corrected chi connectivity index (χ1v) is 8.10. The number of carbonyl (C=O) groups excluding carboxylic acids is 1. The number of benzene rings is 2. The van der Waals surface area contributed by atoms with Crippen molar-refractivity contribution in [3.05, 3.63) is 70.9 Å². The fourth-order valence-electron chi connectivity index (χ4n) is 2.40. The van der Waals surface area contributed by atoms with Gasteiger partial charge in [0.05, 0.1) is 17.7 Å². The second kappa shape index (κ2) is 7.32. The minimum Gasteiger partial charge on any atom is -0.462 e. The Morgan fingerprint density at radius 1 is 1.17 bits per heavy atom. The third-order valence-corrected chi connectivity index (χ3v) is 3.96. The van der Waals surface area contributed by atoms with Gasteiger partial charge in [-0.15, -0.1) is 0 Å². The molecular weight excluding hydrogens is 324 g/mol. The Kier molecular flexibility index (Phi) is 4.96. The van der Waals surface area contributed by atoms with Crippen molar-refractivity contribution in [2.45, 2.75) is 13.5 Å². The first-order valence-electron chi connectivity index (χ1n) is 7.72. The molecule has 0 unspecified atom stereocenters. The van der Waals surface area contributed by atoms with E-state index >= 15 is 0 Å². The van der Waals surface area contributed by atoms with Crippen LogP contribution >= 0.6 is 11.6 Å². The number of pyridine rings is 1. The molecular formula is C19H17ClN2O2. The molecule has 0 aliphatic rings. The fraction of sp³-hybridized carbons (Fsp3) is 0.158. The third kappa shape index (κ3) is 3.66. The molecule has 0 aliphatic heterocycles. The van der Waals surface area contributed by atoms with E-state index in [-0.39, 0.29) is 5.97 Å². The molecule has 0 aliphatic carbocycles. The number of hydrogen-bond donors (Lipinski definition) is 1. The van der Waals surface area contributed by atoms with Crippen LogP contribution in [0.25, 0.3) is 10.9 Å². The van der Waals surface area contributed by atoms with Gasteiger partial charge in [-0.3, -0.25) is 0 Å². The zero-order valence-electron chi connectivity index (χ0n) is 13.3. The number of aromatic nitrogens is 1. The summed E-state index contributed by atoms with van der Waals surface area (Å²) in [5, 5.41) is 4.83. The third-order valence-electron chi connectivity index (χ3n) is 3.63. The van der Waals surface area contributed by atoms with E-state index < -0.39 is 0 Å². The largest absolute Gasteiger partial charge is 0.462 e. The second-order valence-electron chi connectivity index (χ2n) is 5.28. The molecule has 0 atom stereocenters. The number of carbonyl (C=O) groups is 1. The van der Waals surface area contributed by atoms with Gasteiger partial charge < -0.3 is 10.1 Å². The average Bonchev–Trinajstić information content (AvgIpc) is 2.60. The van der Waals surface area contributed by atoms with Crippen LogP contribution in [-0.4, -0.2) is 17.6 Å². The van der Waals surface area contributed by atoms with E-state index in [9.17, 15) is 4.79 Å². The zero-order valence-corrected chi connectivity index (χ0v) is 14.0. The maximum absolute atomic E-state index is 11.6. The molecule has 24 heavy (non-hydrogen) atoms. The van der Waals surface area contributed by atoms with Gasteiger partial charge >= 0.3 is 5.97 Å². The van der Waals surface area contributed by atoms with Crippen LogP contribution in [0.4, 0.5) is 5.69 Å². The highest BCUT2D eigenvalue weighted by molar-refractivity contribution is 6.30. The summed E-state index contributed by atoms with van der Waals surface area (Å²) in [6, 6.07) is 17.1. The van der Waals surface area contributed by atoms with Crippen molar-refractivity contribution in [2.75, 3.05) is 11.9 Å². The zero-order chi connectivity index (χ0) is 16.9. The molecule has 0 saturated carbocycles. The van der Waals surface area contributed by atoms with Gasteiger partial charge in [0.1, 0.15) is 5.15 Å². The number of hydrogen-bond acceptors (Lipinski definition) is 4. The molecule has 0 radical (unpaired) electrons. The lowest BCUT2D eigenvalue weighted by Crippen LogP contribution is -2.05. The van der Waals surface area contributed by atoms with Crippen LogP contribution in [0.5, 0.6) is 0 Å². The van der Waals surface area contributed by atoms with Crippen molar-refractivity contribution in [2.24, 2.45) is 0 Å². The van der Waals surface area contributed by atoms with Crippen molar-refractivity contribution in [1.82, 2.24) is 4.98 Å². The molecule has 3 aromatic rings. The smallest absolute Gasteiger partial charge is 0.338 e. The van der Waals surface area contributed by atoms with Crippen molar-refractivity contribution in [3.8, 4) is 0 Å². The Morgan fingerprint density at radius 3 is 2.67 bits per heavy atom. The highest BCUT2D eigenvalue weighted by Gasteiger charge is 2.07. The van der Waals surface area contributed by atoms with Crippen LogP contribution in [0.2, 0.25) is 5.15 Å². The van der Waals surface area contributed by atoms with E-state index in [1.54, 1.807) is 19.1 Å². The number of rotatable bonds is 5. The quantitative estimate of drug-likeness (QED) is 0.541. The normalized spacial score (nSPS) is 10.6. The molecule has 0 spiro atoms. The van der Waals surface area contributed by atoms with Gasteiger partial charge in [0.15, 0.2) is 0 Å². The summed E-state index contributed by atoms with van der Waals surface area (Å²) >= 11 is 6.26. The number of fused-ring (bicyclic) bond motifs is 1. The van der Waals surface area contributed by atoms with E-state index in [0.29, 0.717) is 23.9 Å². The summed E-state index contributed by atoms with van der Waals surface area (Å²) in [7, 11) is 0. The van der Waals surface area contributed by atoms with E-state index in [1.165, 1.54) is 0 Å². The summed E-state index contributed by atoms with van der Waals surface area (Å²) in [5.41, 5.74) is 3.23. The molecule has 2 aromatic carbocycles. The van der Waals surface area contributed by atoms with E-state index in [0.717, 1.165) is 22.2 Å². The monoisotopic (exact) mass is 340 g/mol. The first-order chi connectivity index (χ1) is 11.7. The lowest BCUT2D eigenvalue weighted by atomic mass is 10.1. The van der Waals surface area contributed by atoms with Gasteiger partial charge in [0.2, 0.25) is 0 Å². The standard InChI is InChI=1S/C19H17ClN2O2/c1-2-24-19(23)13-7-9-16(10-8-13)21-12-15-11-14-5-3-4-6-17(14)22-18(15)20/h3-11,21H,2,12H2,1H3. The van der Waals surface area contributed by atoms with Crippen molar-refractivity contribution < 1.29 is 9.53 Å². The predicted molar refractivity (Wildman–Crippen MR) is 96.5 cm³/mol. The predicted octanol–water partition coefficient (Wildman–Crippen LogP) is 4.68. The Labute approximate surface area is 145 Å². The van der Waals surface area contributed by atoms with Crippen LogP contribution in [0.3, 0.4) is 0 Å². The molecule has 0 bridgehead atoms. The summed E-state index contributed by atoms with van der Waals surface area (Å²) in [6.45, 7) is 2.71. The molecule has 5 heteroatoms. The first kappa shape index (κ1) is 16.3. The van der Waals surface area contributed by atoms with Gasteiger partial charge in [-0.05, 0) is 43.3 Å². The number of ether oxygens (including phenoxy) is 1. The molecule has 1 N–H and O–H groups in total. The summed E-state index contributed by atoms with van der Waals surface area (Å²) in [4.78, 5) is 16.0. The molecule has 3 rings (SSSR count). The van der Waals surface area contributed by atoms with E-state index in [4.69, 9.17) is 16.3 Å². The molecule has 122 valence electrons. The topological polar surface area (TPSA) is 51.2 Å². The fourth-order valence-corrected chi connectivity index (χ4v) is 2.61. The van der Waals surface area contributed by atoms with Crippen LogP contribution in [-0.2, 0) is 11.3 Å². The molecule has 0 fully saturated rings. The lowest BCUT2D eigenvalue weighted by molar-refractivity contribution is 0.0526. The number of nitrogens with one attached hydrogen (secondary N) is 1. The van der Waals surface area contributed by atoms with Crippen LogP contribution in [0, 0.1) is 0 Å². The Bertz CT molecular complexity index is 863. The average molecular weight is 341 g/mol. The number of anilines is 1. The molecule has 1 aromatic heterocycles. The minimum absolute atomic E-state index is 0.314. The number of halogens is 1. The second-order valence-corrected chi connectivity index (χ2v) is 5.64. The lowest BCUT2D eigenvalue weighted by Gasteiger charge is -2.10. The Morgan fingerprint density at radius 2 is 1.92 bits per heavy atom. The van der Waals surface area contributed by atoms with E-state index in [2.05, 4.69) is 10.3 Å². The van der Waals surface area contributed by atoms with E-state index in [1.807, 2.05) is 42.5 Å². The van der Waals surface area contributed by atoms with Crippen molar-refractivity contribution in [1.29, 1.82) is 0 Å². The number of para-hydroxylation sites is 1. The van der Waals surface area contributed by atoms with Gasteiger partial charge in [-0.1, -0.05) is 29.8 Å². The Hall–Kier alpha value is -2.59. The van der Waals surface area contributed by atoms with Crippen LogP contribution in [0.15, 0.2) is 54.6 Å². The minimum atomic E-state index is -0.314. The SMILES string of the molecule is CCOC(=O)c1ccc(NCc2cc3ccccc3nc2Cl)cc1. The molecule has 1 heterocycles. The van der Waals surface area contributed by atoms with Gasteiger partial charge in [-0.2, -0.15) is 0 Å². The summed E-state index contributed by atoms with van der Waals surface area (Å²) < 4.78 is 4.97. The summed E-state index contributed by atoms with van der Waals surface area (Å²) in [6.07, 6.45) is 0. The van der Waals surface area contributed by atoms with Gasteiger partial charge in [0.25, 0.3) is 0 Å². The van der Waals surface area contributed by atoms with Gasteiger partial charge in [-0.25, -0.2) is 9.78 Å². The number of nitrogens with zero attached hydrogens (tertiary/aromatic N) is 1.